The van der Waals surface area contributed by atoms with Gasteiger partial charge in [0, 0.05) is 22.7 Å². The van der Waals surface area contributed by atoms with E-state index in [4.69, 9.17) is 4.99 Å². The third kappa shape index (κ3) is 9.08. The highest BCUT2D eigenvalue weighted by Gasteiger charge is 2.42. The monoisotopic (exact) mass is 580 g/mol. The van der Waals surface area contributed by atoms with Gasteiger partial charge in [-0.2, -0.15) is 0 Å². The minimum atomic E-state index is -0.971. The number of carboxylic acids is 1. The van der Waals surface area contributed by atoms with Crippen LogP contribution in [0.25, 0.3) is 12.2 Å². The maximum absolute atomic E-state index is 12.0. The van der Waals surface area contributed by atoms with Crippen LogP contribution in [0.2, 0.25) is 0 Å². The summed E-state index contributed by atoms with van der Waals surface area (Å²) in [6.07, 6.45) is 20.3. The van der Waals surface area contributed by atoms with Crippen molar-refractivity contribution in [3.8, 4) is 0 Å². The van der Waals surface area contributed by atoms with Crippen molar-refractivity contribution in [2.75, 3.05) is 0 Å². The molecule has 0 amide bonds. The number of aliphatic hydroxyl groups is 3. The second-order valence-corrected chi connectivity index (χ2v) is 13.0. The number of rotatable bonds is 20. The number of carboxylic acid groups (broad SMARTS) is 1. The van der Waals surface area contributed by atoms with Crippen LogP contribution in [0.3, 0.4) is 0 Å². The van der Waals surface area contributed by atoms with E-state index in [0.29, 0.717) is 25.7 Å². The Hall–Kier alpha value is -2.35. The Balaban J connectivity index is 1.17. The molecule has 4 N–H and O–H groups in total. The van der Waals surface area contributed by atoms with Gasteiger partial charge in [0.25, 0.3) is 0 Å². The Morgan fingerprint density at radius 1 is 1.00 bits per heavy atom. The van der Waals surface area contributed by atoms with Crippen molar-refractivity contribution in [1.82, 2.24) is 0 Å². The summed E-state index contributed by atoms with van der Waals surface area (Å²) in [6.45, 7) is 2.20. The minimum Gasteiger partial charge on any atom is -0.481 e. The number of aliphatic imine (C=N–C) groups is 1. The zero-order chi connectivity index (χ0) is 30.0. The fourth-order valence-corrected chi connectivity index (χ4v) is 7.04. The number of aliphatic hydroxyl groups excluding tert-OH is 2. The second-order valence-electron chi connectivity index (χ2n) is 13.0. The first kappa shape index (κ1) is 32.6. The third-order valence-electron chi connectivity index (χ3n) is 9.71. The van der Waals surface area contributed by atoms with Crippen molar-refractivity contribution in [2.45, 2.75) is 140 Å². The predicted octanol–water partition coefficient (Wildman–Crippen LogP) is 5.98. The third-order valence-corrected chi connectivity index (χ3v) is 9.71. The van der Waals surface area contributed by atoms with Crippen molar-refractivity contribution in [1.29, 1.82) is 0 Å². The van der Waals surface area contributed by atoms with Gasteiger partial charge in [-0.25, -0.2) is 0 Å². The summed E-state index contributed by atoms with van der Waals surface area (Å²) < 4.78 is 0. The maximum Gasteiger partial charge on any atom is 0.309 e. The first-order chi connectivity index (χ1) is 20.3. The molecule has 1 fully saturated rings. The molecule has 1 saturated carbocycles. The highest BCUT2D eigenvalue weighted by molar-refractivity contribution is 6.14. The molecule has 7 heteroatoms. The fourth-order valence-electron chi connectivity index (χ4n) is 7.04. The van der Waals surface area contributed by atoms with Gasteiger partial charge >= 0.3 is 5.97 Å². The zero-order valence-corrected chi connectivity index (χ0v) is 25.5. The lowest BCUT2D eigenvalue weighted by molar-refractivity contribution is -0.146. The van der Waals surface area contributed by atoms with Crippen LogP contribution in [-0.4, -0.2) is 49.9 Å². The Morgan fingerprint density at radius 3 is 2.43 bits per heavy atom. The molecule has 2 heterocycles. The lowest BCUT2D eigenvalue weighted by Crippen LogP contribution is -2.37. The Bertz CT molecular complexity index is 1220. The molecule has 0 saturated heterocycles. The van der Waals surface area contributed by atoms with Gasteiger partial charge in [-0.3, -0.25) is 14.8 Å². The number of unbranched alkanes of at least 4 members (excludes halogenated alkanes) is 7. The molecule has 2 aliphatic heterocycles. The molecule has 232 valence electrons. The van der Waals surface area contributed by atoms with Gasteiger partial charge in [0.05, 0.1) is 34.8 Å². The molecule has 0 bridgehead atoms. The van der Waals surface area contributed by atoms with Crippen LogP contribution < -0.4 is 10.6 Å². The van der Waals surface area contributed by atoms with Gasteiger partial charge < -0.3 is 20.4 Å². The second kappa shape index (κ2) is 15.9. The Morgan fingerprint density at radius 2 is 1.71 bits per heavy atom. The Labute approximate surface area is 251 Å². The molecule has 5 atom stereocenters. The summed E-state index contributed by atoms with van der Waals surface area (Å²) in [7, 11) is 0. The van der Waals surface area contributed by atoms with Gasteiger partial charge in [0.2, 0.25) is 0 Å². The van der Waals surface area contributed by atoms with E-state index in [2.05, 4.69) is 24.1 Å². The van der Waals surface area contributed by atoms with E-state index in [0.717, 1.165) is 85.3 Å². The number of aliphatic carboxylic acids is 1. The molecule has 0 unspecified atom stereocenters. The van der Waals surface area contributed by atoms with E-state index >= 15 is 0 Å². The van der Waals surface area contributed by atoms with Crippen molar-refractivity contribution < 1.29 is 25.2 Å². The summed E-state index contributed by atoms with van der Waals surface area (Å²) in [5, 5.41) is 44.5. The highest BCUT2D eigenvalue weighted by atomic mass is 16.4. The molecule has 0 radical (unpaired) electrons. The summed E-state index contributed by atoms with van der Waals surface area (Å²) in [5.74, 6) is -1.73. The van der Waals surface area contributed by atoms with Gasteiger partial charge in [-0.15, -0.1) is 0 Å². The largest absolute Gasteiger partial charge is 0.481 e. The average molecular weight is 581 g/mol. The highest BCUT2D eigenvalue weighted by Crippen LogP contribution is 2.42. The van der Waals surface area contributed by atoms with Crippen molar-refractivity contribution in [3.05, 3.63) is 34.5 Å². The SMILES string of the molecule is CCCCCCC[C@H](O)CCCCCC[C@H](C(=O)O)[C@H](O)CC[C@]1(O)CCC[C@H]1CC1=Nc2cc3c(cc2=C1)C=CN=3. The van der Waals surface area contributed by atoms with Crippen molar-refractivity contribution >= 4 is 29.5 Å². The minimum absolute atomic E-state index is 0.0420. The smallest absolute Gasteiger partial charge is 0.309 e. The standard InChI is InChI=1S/C35H52N2O5/c1-2-3-4-5-8-13-29(38)14-9-6-7-10-15-30(34(40)41)33(39)16-19-35(42)18-11-12-27(35)23-28-22-26-21-25-17-20-36-31(25)24-32(26)37-28/h17,20-22,24,27,29-30,33,38-39,42H,2-16,18-19,23H2,1H3,(H,40,41)/t27-,29-,30-,33+,35+/m0/s1. The predicted molar refractivity (Wildman–Crippen MR) is 168 cm³/mol. The zero-order valence-electron chi connectivity index (χ0n) is 25.5. The molecule has 0 aromatic heterocycles. The number of hydrogen-bond acceptors (Lipinski definition) is 6. The summed E-state index contributed by atoms with van der Waals surface area (Å²) in [5.41, 5.74) is 2.08. The molecule has 42 heavy (non-hydrogen) atoms. The summed E-state index contributed by atoms with van der Waals surface area (Å²) in [4.78, 5) is 21.2. The fraction of sp³-hybridized carbons (Fsp3) is 0.686. The number of fused-ring (bicyclic) bond motifs is 2. The normalized spacial score (nSPS) is 22.7. The first-order valence-corrected chi connectivity index (χ1v) is 16.6. The van der Waals surface area contributed by atoms with Gasteiger partial charge in [0.1, 0.15) is 0 Å². The van der Waals surface area contributed by atoms with Gasteiger partial charge in [0.15, 0.2) is 0 Å². The summed E-state index contributed by atoms with van der Waals surface area (Å²) >= 11 is 0. The molecule has 3 aliphatic rings. The first-order valence-electron chi connectivity index (χ1n) is 16.6. The van der Waals surface area contributed by atoms with E-state index in [1.807, 2.05) is 12.1 Å². The quantitative estimate of drug-likeness (QED) is 0.141. The van der Waals surface area contributed by atoms with Gasteiger partial charge in [-0.1, -0.05) is 71.1 Å². The molecule has 1 aliphatic carbocycles. The van der Waals surface area contributed by atoms with E-state index < -0.39 is 23.6 Å². The van der Waals surface area contributed by atoms with Crippen molar-refractivity contribution in [3.63, 3.8) is 0 Å². The Kier molecular flexibility index (Phi) is 12.3. The van der Waals surface area contributed by atoms with Crippen LogP contribution in [0.4, 0.5) is 5.69 Å². The molecule has 1 aromatic carbocycles. The van der Waals surface area contributed by atoms with E-state index in [9.17, 15) is 25.2 Å². The van der Waals surface area contributed by atoms with E-state index in [1.165, 1.54) is 25.7 Å². The topological polar surface area (TPSA) is 123 Å². The van der Waals surface area contributed by atoms with Crippen molar-refractivity contribution in [2.24, 2.45) is 21.8 Å². The molecule has 7 nitrogen and oxygen atoms in total. The van der Waals surface area contributed by atoms with E-state index in [-0.39, 0.29) is 18.4 Å². The number of carbonyl (C=O) groups is 1. The van der Waals surface area contributed by atoms with Crippen LogP contribution in [0.1, 0.15) is 128 Å². The van der Waals surface area contributed by atoms with Crippen LogP contribution in [0, 0.1) is 11.8 Å². The average Bonchev–Trinajstić information content (AvgIpc) is 3.68. The lowest BCUT2D eigenvalue weighted by atomic mass is 9.81. The molecule has 0 spiro atoms. The molecular formula is C35H52N2O5. The molecule has 1 aromatic rings. The van der Waals surface area contributed by atoms with E-state index in [1.54, 1.807) is 6.20 Å². The van der Waals surface area contributed by atoms with Crippen LogP contribution in [-0.2, 0) is 4.79 Å². The van der Waals surface area contributed by atoms with Crippen LogP contribution in [0.15, 0.2) is 28.3 Å². The number of benzene rings is 1. The van der Waals surface area contributed by atoms with Crippen LogP contribution >= 0.6 is 0 Å². The number of nitrogens with zero attached hydrogens (tertiary/aromatic N) is 2. The lowest BCUT2D eigenvalue weighted by Gasteiger charge is -2.32. The van der Waals surface area contributed by atoms with Gasteiger partial charge in [-0.05, 0) is 81.6 Å². The maximum atomic E-state index is 12.0. The van der Waals surface area contributed by atoms with Crippen LogP contribution in [0.5, 0.6) is 0 Å². The number of hydrogen-bond donors (Lipinski definition) is 4. The molecular weight excluding hydrogens is 528 g/mol. The summed E-state index contributed by atoms with van der Waals surface area (Å²) in [6, 6.07) is 4.12. The molecule has 4 rings (SSSR count).